The molecule has 1 nitrogen and oxygen atoms in total. The maximum atomic E-state index is 13.7. The molecule has 3 radical (unpaired) electrons. The molecule has 1 saturated heterocycles. The Morgan fingerprint density at radius 3 is 2.06 bits per heavy atom. The topological polar surface area (TPSA) is 9.23 Å². The fourth-order valence-electron chi connectivity index (χ4n) is 1.79. The van der Waals surface area contributed by atoms with Crippen molar-refractivity contribution in [1.29, 1.82) is 0 Å². The molecule has 0 atom stereocenters. The van der Waals surface area contributed by atoms with Gasteiger partial charge in [-0.15, -0.1) is 11.8 Å². The van der Waals surface area contributed by atoms with E-state index in [2.05, 4.69) is 0 Å². The van der Waals surface area contributed by atoms with Crippen molar-refractivity contribution in [2.45, 2.75) is 11.7 Å². The second-order valence-corrected chi connectivity index (χ2v) is 4.98. The molecule has 1 aliphatic heterocycles. The minimum absolute atomic E-state index is 0. The summed E-state index contributed by atoms with van der Waals surface area (Å²) in [4.78, 5) is 0. The number of hydrogen-bond donors (Lipinski definition) is 0. The van der Waals surface area contributed by atoms with E-state index in [1.54, 1.807) is 6.92 Å². The summed E-state index contributed by atoms with van der Waals surface area (Å²) in [6.45, 7) is 2.44. The molecule has 0 bridgehead atoms. The molecule has 85 valence electrons. The van der Waals surface area contributed by atoms with Crippen LogP contribution in [-0.4, -0.2) is 27.9 Å². The van der Waals surface area contributed by atoms with E-state index in [1.807, 2.05) is 6.26 Å². The van der Waals surface area contributed by atoms with Crippen LogP contribution in [0.15, 0.2) is 12.1 Å². The molecule has 1 heterocycles. The fraction of sp³-hybridized carbons (Fsp3) is 0.455. The average Bonchev–Trinajstić information content (AvgIpc) is 2.07. The maximum Gasteiger partial charge on any atom is 0.131 e. The first-order valence-corrected chi connectivity index (χ1v) is 5.90. The van der Waals surface area contributed by atoms with Crippen LogP contribution in [-0.2, 0) is 9.48 Å². The summed E-state index contributed by atoms with van der Waals surface area (Å²) < 4.78 is 32.0. The first-order valence-electron chi connectivity index (χ1n) is 4.68. The highest BCUT2D eigenvalue weighted by Crippen LogP contribution is 2.43. The van der Waals surface area contributed by atoms with Gasteiger partial charge in [-0.05, 0) is 30.9 Å². The SMILES string of the molecule is CSC1(c2c(F)cc(C)cc2F)COC1.[B]. The molecule has 0 amide bonds. The molecule has 0 spiro atoms. The summed E-state index contributed by atoms with van der Waals surface area (Å²) in [5.41, 5.74) is 0.761. The van der Waals surface area contributed by atoms with E-state index in [9.17, 15) is 8.78 Å². The third-order valence-corrected chi connectivity index (χ3v) is 3.92. The van der Waals surface area contributed by atoms with Gasteiger partial charge >= 0.3 is 0 Å². The van der Waals surface area contributed by atoms with Crippen LogP contribution in [0.2, 0.25) is 0 Å². The lowest BCUT2D eigenvalue weighted by atomic mass is 9.94. The van der Waals surface area contributed by atoms with Crippen molar-refractivity contribution < 1.29 is 13.5 Å². The summed E-state index contributed by atoms with van der Waals surface area (Å²) in [5, 5.41) is 0. The van der Waals surface area contributed by atoms with E-state index in [4.69, 9.17) is 4.74 Å². The maximum absolute atomic E-state index is 13.7. The van der Waals surface area contributed by atoms with Crippen molar-refractivity contribution in [1.82, 2.24) is 0 Å². The number of thioether (sulfide) groups is 1. The van der Waals surface area contributed by atoms with Crippen LogP contribution >= 0.6 is 11.8 Å². The van der Waals surface area contributed by atoms with Gasteiger partial charge in [0.2, 0.25) is 0 Å². The van der Waals surface area contributed by atoms with Crippen LogP contribution in [0.5, 0.6) is 0 Å². The van der Waals surface area contributed by atoms with E-state index in [0.29, 0.717) is 18.8 Å². The minimum Gasteiger partial charge on any atom is -0.378 e. The molecule has 0 aliphatic carbocycles. The monoisotopic (exact) mass is 241 g/mol. The Balaban J connectivity index is 0.00000128. The summed E-state index contributed by atoms with van der Waals surface area (Å²) in [7, 11) is 0. The molecule has 1 fully saturated rings. The smallest absolute Gasteiger partial charge is 0.131 e. The van der Waals surface area contributed by atoms with Crippen molar-refractivity contribution in [2.75, 3.05) is 19.5 Å². The third kappa shape index (κ3) is 1.98. The number of hydrogen-bond acceptors (Lipinski definition) is 2. The van der Waals surface area contributed by atoms with Gasteiger partial charge < -0.3 is 4.74 Å². The highest BCUT2D eigenvalue weighted by atomic mass is 32.2. The predicted octanol–water partition coefficient (Wildman–Crippen LogP) is 2.48. The fourth-order valence-corrected chi connectivity index (χ4v) is 2.59. The summed E-state index contributed by atoms with van der Waals surface area (Å²) >= 11 is 1.44. The molecule has 1 aromatic rings. The Hall–Kier alpha value is -0.545. The zero-order chi connectivity index (χ0) is 11.1. The van der Waals surface area contributed by atoms with Gasteiger partial charge in [-0.3, -0.25) is 0 Å². The molecule has 0 N–H and O–H groups in total. The van der Waals surface area contributed by atoms with Gasteiger partial charge in [0.05, 0.1) is 18.0 Å². The Morgan fingerprint density at radius 2 is 1.75 bits per heavy atom. The molecular weight excluding hydrogens is 229 g/mol. The summed E-state index contributed by atoms with van der Waals surface area (Å²) in [6.07, 6.45) is 1.85. The van der Waals surface area contributed by atoms with E-state index in [-0.39, 0.29) is 14.0 Å². The summed E-state index contributed by atoms with van der Waals surface area (Å²) in [5.74, 6) is -0.935. The lowest BCUT2D eigenvalue weighted by molar-refractivity contribution is -0.0136. The highest BCUT2D eigenvalue weighted by Gasteiger charge is 2.43. The van der Waals surface area contributed by atoms with Crippen LogP contribution in [0.3, 0.4) is 0 Å². The van der Waals surface area contributed by atoms with Gasteiger partial charge in [-0.25, -0.2) is 8.78 Å². The van der Waals surface area contributed by atoms with E-state index < -0.39 is 16.4 Å². The number of benzene rings is 1. The Kier molecular flexibility index (Phi) is 4.02. The first-order chi connectivity index (χ1) is 7.09. The number of ether oxygens (including phenoxy) is 1. The second kappa shape index (κ2) is 4.76. The van der Waals surface area contributed by atoms with E-state index in [1.165, 1.54) is 23.9 Å². The molecular formula is C11H12BF2OS. The largest absolute Gasteiger partial charge is 0.378 e. The van der Waals surface area contributed by atoms with Crippen LogP contribution in [0.1, 0.15) is 11.1 Å². The second-order valence-electron chi connectivity index (χ2n) is 3.79. The van der Waals surface area contributed by atoms with E-state index >= 15 is 0 Å². The zero-order valence-electron chi connectivity index (χ0n) is 9.22. The standard InChI is InChI=1S/C11H12F2OS.B/c1-7-3-8(12)10(9(13)4-7)11(15-2)5-14-6-11;/h3-4H,5-6H2,1-2H3;. The normalized spacial score (nSPS) is 17.5. The van der Waals surface area contributed by atoms with Crippen LogP contribution in [0.25, 0.3) is 0 Å². The predicted molar refractivity (Wildman–Crippen MR) is 62.9 cm³/mol. The van der Waals surface area contributed by atoms with Crippen molar-refractivity contribution in [3.05, 3.63) is 34.9 Å². The van der Waals surface area contributed by atoms with Gasteiger partial charge in [-0.1, -0.05) is 0 Å². The molecule has 16 heavy (non-hydrogen) atoms. The van der Waals surface area contributed by atoms with Crippen molar-refractivity contribution >= 4 is 20.2 Å². The van der Waals surface area contributed by atoms with Crippen molar-refractivity contribution in [2.24, 2.45) is 0 Å². The molecule has 1 aliphatic rings. The van der Waals surface area contributed by atoms with Gasteiger partial charge in [0.1, 0.15) is 11.6 Å². The Morgan fingerprint density at radius 1 is 1.25 bits per heavy atom. The molecule has 1 aromatic carbocycles. The Labute approximate surface area is 100 Å². The van der Waals surface area contributed by atoms with Crippen LogP contribution < -0.4 is 0 Å². The molecule has 0 saturated carbocycles. The van der Waals surface area contributed by atoms with Gasteiger partial charge in [-0.2, -0.15) is 0 Å². The van der Waals surface area contributed by atoms with E-state index in [0.717, 1.165) is 0 Å². The Bertz CT molecular complexity index is 365. The van der Waals surface area contributed by atoms with Crippen LogP contribution in [0, 0.1) is 18.6 Å². The van der Waals surface area contributed by atoms with Gasteiger partial charge in [0.25, 0.3) is 0 Å². The molecule has 0 aromatic heterocycles. The third-order valence-electron chi connectivity index (χ3n) is 2.70. The average molecular weight is 241 g/mol. The first kappa shape index (κ1) is 13.5. The molecule has 2 rings (SSSR count). The zero-order valence-corrected chi connectivity index (χ0v) is 10.0. The highest BCUT2D eigenvalue weighted by molar-refractivity contribution is 7.99. The van der Waals surface area contributed by atoms with Gasteiger partial charge in [0.15, 0.2) is 0 Å². The van der Waals surface area contributed by atoms with Crippen molar-refractivity contribution in [3.63, 3.8) is 0 Å². The van der Waals surface area contributed by atoms with Gasteiger partial charge in [0, 0.05) is 14.0 Å². The molecule has 5 heteroatoms. The van der Waals surface area contributed by atoms with Crippen LogP contribution in [0.4, 0.5) is 8.78 Å². The minimum atomic E-state index is -0.526. The quantitative estimate of drug-likeness (QED) is 0.735. The lowest BCUT2D eigenvalue weighted by Crippen LogP contribution is -2.45. The number of halogens is 2. The number of rotatable bonds is 2. The molecule has 0 unspecified atom stereocenters. The number of aryl methyl sites for hydroxylation is 1. The lowest BCUT2D eigenvalue weighted by Gasteiger charge is -2.40. The van der Waals surface area contributed by atoms with Crippen molar-refractivity contribution in [3.8, 4) is 0 Å². The summed E-state index contributed by atoms with van der Waals surface area (Å²) in [6, 6.07) is 2.74.